The van der Waals surface area contributed by atoms with Gasteiger partial charge in [0.2, 0.25) is 0 Å². The molecule has 0 bridgehead atoms. The SMILES string of the molecule is Cc1cc(O)c(O)c(C)c1O. The van der Waals surface area contributed by atoms with Crippen LogP contribution in [0, 0.1) is 13.8 Å². The lowest BCUT2D eigenvalue weighted by molar-refractivity contribution is 0.391. The van der Waals surface area contributed by atoms with Crippen molar-refractivity contribution in [1.82, 2.24) is 0 Å². The first-order chi connectivity index (χ1) is 5.04. The minimum atomic E-state index is -0.256. The summed E-state index contributed by atoms with van der Waals surface area (Å²) in [5.74, 6) is -0.425. The van der Waals surface area contributed by atoms with Crippen molar-refractivity contribution in [3.63, 3.8) is 0 Å². The smallest absolute Gasteiger partial charge is 0.164 e. The lowest BCUT2D eigenvalue weighted by Crippen LogP contribution is -1.81. The van der Waals surface area contributed by atoms with Gasteiger partial charge in [0, 0.05) is 5.56 Å². The highest BCUT2D eigenvalue weighted by Crippen LogP contribution is 2.36. The molecule has 11 heavy (non-hydrogen) atoms. The van der Waals surface area contributed by atoms with Crippen molar-refractivity contribution < 1.29 is 15.3 Å². The van der Waals surface area contributed by atoms with Crippen molar-refractivity contribution in [2.75, 3.05) is 0 Å². The van der Waals surface area contributed by atoms with Crippen LogP contribution >= 0.6 is 0 Å². The zero-order valence-electron chi connectivity index (χ0n) is 6.42. The summed E-state index contributed by atoms with van der Waals surface area (Å²) in [6.07, 6.45) is 0. The van der Waals surface area contributed by atoms with E-state index in [9.17, 15) is 5.11 Å². The Bertz CT molecular complexity index is 266. The molecule has 0 aliphatic heterocycles. The van der Waals surface area contributed by atoms with Gasteiger partial charge in [-0.25, -0.2) is 0 Å². The summed E-state index contributed by atoms with van der Waals surface area (Å²) in [6.45, 7) is 3.19. The summed E-state index contributed by atoms with van der Waals surface area (Å²) < 4.78 is 0. The van der Waals surface area contributed by atoms with Crippen LogP contribution in [0.15, 0.2) is 6.07 Å². The van der Waals surface area contributed by atoms with E-state index in [-0.39, 0.29) is 17.2 Å². The average Bonchev–Trinajstić information content (AvgIpc) is 1.97. The fraction of sp³-hybridized carbons (Fsp3) is 0.250. The van der Waals surface area contributed by atoms with Gasteiger partial charge in [0.25, 0.3) is 0 Å². The third-order valence-electron chi connectivity index (χ3n) is 1.68. The number of hydrogen-bond donors (Lipinski definition) is 3. The molecule has 0 amide bonds. The van der Waals surface area contributed by atoms with Crippen molar-refractivity contribution in [2.45, 2.75) is 13.8 Å². The normalized spacial score (nSPS) is 10.0. The van der Waals surface area contributed by atoms with Crippen molar-refractivity contribution in [2.24, 2.45) is 0 Å². The van der Waals surface area contributed by atoms with Crippen molar-refractivity contribution in [1.29, 1.82) is 0 Å². The van der Waals surface area contributed by atoms with Gasteiger partial charge in [0.05, 0.1) is 0 Å². The van der Waals surface area contributed by atoms with E-state index >= 15 is 0 Å². The Morgan fingerprint density at radius 3 is 2.09 bits per heavy atom. The molecule has 0 saturated carbocycles. The van der Waals surface area contributed by atoms with Crippen LogP contribution in [0.3, 0.4) is 0 Å². The van der Waals surface area contributed by atoms with Crippen LogP contribution in [0.1, 0.15) is 11.1 Å². The van der Waals surface area contributed by atoms with E-state index in [1.807, 2.05) is 0 Å². The molecule has 3 heteroatoms. The summed E-state index contributed by atoms with van der Waals surface area (Å²) in [7, 11) is 0. The molecule has 1 rings (SSSR count). The highest BCUT2D eigenvalue weighted by atomic mass is 16.3. The van der Waals surface area contributed by atoms with Gasteiger partial charge in [0.15, 0.2) is 11.5 Å². The summed E-state index contributed by atoms with van der Waals surface area (Å²) in [5, 5.41) is 27.4. The fourth-order valence-corrected chi connectivity index (χ4v) is 0.942. The number of aromatic hydroxyl groups is 3. The maximum Gasteiger partial charge on any atom is 0.164 e. The third kappa shape index (κ3) is 1.09. The van der Waals surface area contributed by atoms with Crippen LogP contribution in [0.4, 0.5) is 0 Å². The molecule has 1 aromatic carbocycles. The molecule has 0 atom stereocenters. The van der Waals surface area contributed by atoms with E-state index in [1.54, 1.807) is 6.92 Å². The number of benzene rings is 1. The largest absolute Gasteiger partial charge is 0.507 e. The number of hydrogen-bond acceptors (Lipinski definition) is 3. The van der Waals surface area contributed by atoms with Crippen molar-refractivity contribution >= 4 is 0 Å². The molecule has 60 valence electrons. The van der Waals surface area contributed by atoms with Crippen LogP contribution < -0.4 is 0 Å². The summed E-state index contributed by atoms with van der Waals surface area (Å²) in [5.41, 5.74) is 0.861. The molecule has 3 N–H and O–H groups in total. The molecule has 0 heterocycles. The Morgan fingerprint density at radius 1 is 1.00 bits per heavy atom. The standard InChI is InChI=1S/C8H10O3/c1-4-3-6(9)8(11)5(2)7(4)10/h3,9-11H,1-2H3. The van der Waals surface area contributed by atoms with E-state index in [1.165, 1.54) is 13.0 Å². The molecule has 3 nitrogen and oxygen atoms in total. The topological polar surface area (TPSA) is 60.7 Å². The molecule has 0 aromatic heterocycles. The Labute approximate surface area is 64.5 Å². The third-order valence-corrected chi connectivity index (χ3v) is 1.68. The summed E-state index contributed by atoms with van der Waals surface area (Å²) >= 11 is 0. The van der Waals surface area contributed by atoms with Gasteiger partial charge in [-0.1, -0.05) is 0 Å². The van der Waals surface area contributed by atoms with E-state index in [2.05, 4.69) is 0 Å². The molecule has 0 radical (unpaired) electrons. The van der Waals surface area contributed by atoms with Gasteiger partial charge >= 0.3 is 0 Å². The first kappa shape index (κ1) is 7.72. The van der Waals surface area contributed by atoms with Gasteiger partial charge in [0.1, 0.15) is 5.75 Å². The Hall–Kier alpha value is -1.38. The molecular formula is C8H10O3. The monoisotopic (exact) mass is 154 g/mol. The van der Waals surface area contributed by atoms with E-state index in [0.717, 1.165) is 0 Å². The number of rotatable bonds is 0. The first-order valence-electron chi connectivity index (χ1n) is 3.25. The fourth-order valence-electron chi connectivity index (χ4n) is 0.942. The predicted molar refractivity (Wildman–Crippen MR) is 40.9 cm³/mol. The number of aryl methyl sites for hydroxylation is 1. The second-order valence-electron chi connectivity index (χ2n) is 2.53. The number of phenols is 3. The van der Waals surface area contributed by atoms with Crippen LogP contribution in [-0.4, -0.2) is 15.3 Å². The second-order valence-corrected chi connectivity index (χ2v) is 2.53. The number of phenolic OH excluding ortho intramolecular Hbond substituents is 3. The lowest BCUT2D eigenvalue weighted by atomic mass is 10.1. The van der Waals surface area contributed by atoms with Crippen molar-refractivity contribution in [3.8, 4) is 17.2 Å². The van der Waals surface area contributed by atoms with E-state index in [4.69, 9.17) is 10.2 Å². The quantitative estimate of drug-likeness (QED) is 0.391. The average molecular weight is 154 g/mol. The first-order valence-corrected chi connectivity index (χ1v) is 3.25. The molecular weight excluding hydrogens is 144 g/mol. The molecule has 0 fully saturated rings. The van der Waals surface area contributed by atoms with Gasteiger partial charge in [-0.2, -0.15) is 0 Å². The minimum Gasteiger partial charge on any atom is -0.507 e. The Balaban J connectivity index is 3.46. The van der Waals surface area contributed by atoms with Gasteiger partial charge in [-0.15, -0.1) is 0 Å². The maximum atomic E-state index is 9.24. The maximum absolute atomic E-state index is 9.24. The molecule has 0 unspecified atom stereocenters. The molecule has 0 saturated heterocycles. The highest BCUT2D eigenvalue weighted by molar-refractivity contribution is 5.54. The molecule has 0 spiro atoms. The molecule has 0 aliphatic rings. The highest BCUT2D eigenvalue weighted by Gasteiger charge is 2.09. The van der Waals surface area contributed by atoms with Crippen LogP contribution in [0.25, 0.3) is 0 Å². The lowest BCUT2D eigenvalue weighted by Gasteiger charge is -2.06. The van der Waals surface area contributed by atoms with Crippen LogP contribution in [0.5, 0.6) is 17.2 Å². The zero-order chi connectivity index (χ0) is 8.59. The molecule has 0 aliphatic carbocycles. The van der Waals surface area contributed by atoms with E-state index < -0.39 is 0 Å². The van der Waals surface area contributed by atoms with Gasteiger partial charge < -0.3 is 15.3 Å². The van der Waals surface area contributed by atoms with Gasteiger partial charge in [-0.3, -0.25) is 0 Å². The summed E-state index contributed by atoms with van der Waals surface area (Å²) in [4.78, 5) is 0. The van der Waals surface area contributed by atoms with Crippen LogP contribution in [-0.2, 0) is 0 Å². The summed E-state index contributed by atoms with van der Waals surface area (Å²) in [6, 6.07) is 1.32. The van der Waals surface area contributed by atoms with Gasteiger partial charge in [-0.05, 0) is 25.5 Å². The van der Waals surface area contributed by atoms with Crippen LogP contribution in [0.2, 0.25) is 0 Å². The predicted octanol–water partition coefficient (Wildman–Crippen LogP) is 1.42. The minimum absolute atomic E-state index is 0.0281. The Kier molecular flexibility index (Phi) is 1.64. The van der Waals surface area contributed by atoms with Crippen molar-refractivity contribution in [3.05, 3.63) is 17.2 Å². The second kappa shape index (κ2) is 2.34. The Morgan fingerprint density at radius 2 is 1.55 bits per heavy atom. The zero-order valence-corrected chi connectivity index (χ0v) is 6.42. The molecule has 1 aromatic rings. The van der Waals surface area contributed by atoms with E-state index in [0.29, 0.717) is 11.1 Å².